The predicted molar refractivity (Wildman–Crippen MR) is 66.8 cm³/mol. The van der Waals surface area contributed by atoms with Gasteiger partial charge in [-0.15, -0.1) is 0 Å². The number of halogens is 7. The summed E-state index contributed by atoms with van der Waals surface area (Å²) in [6.07, 6.45) is -12.4. The van der Waals surface area contributed by atoms with Crippen molar-refractivity contribution in [3.8, 4) is 0 Å². The highest BCUT2D eigenvalue weighted by molar-refractivity contribution is 5.92. The standard InChI is InChI=1S/C14H13F7O2/c1-4-23-11(22)10-7(2)5-9(6-8(10)3)12(15,13(16,17)18)14(19,20)21/h5-6H,4H2,1-3H3. The maximum absolute atomic E-state index is 14.0. The Morgan fingerprint density at radius 2 is 1.35 bits per heavy atom. The Balaban J connectivity index is 3.59. The molecular formula is C14H13F7O2. The highest BCUT2D eigenvalue weighted by Gasteiger charge is 2.73. The van der Waals surface area contributed by atoms with Crippen LogP contribution in [-0.2, 0) is 10.4 Å². The summed E-state index contributed by atoms with van der Waals surface area (Å²) in [5.41, 5.74) is -7.83. The zero-order chi connectivity index (χ0) is 18.2. The number of aryl methyl sites for hydroxylation is 2. The minimum Gasteiger partial charge on any atom is -0.462 e. The third-order valence-electron chi connectivity index (χ3n) is 3.19. The van der Waals surface area contributed by atoms with Crippen molar-refractivity contribution >= 4 is 5.97 Å². The highest BCUT2D eigenvalue weighted by atomic mass is 19.4. The number of carbonyl (C=O) groups is 1. The van der Waals surface area contributed by atoms with E-state index in [1.165, 1.54) is 6.92 Å². The van der Waals surface area contributed by atoms with Crippen LogP contribution in [0.4, 0.5) is 30.7 Å². The van der Waals surface area contributed by atoms with Crippen molar-refractivity contribution in [2.45, 2.75) is 38.8 Å². The minimum atomic E-state index is -6.20. The zero-order valence-corrected chi connectivity index (χ0v) is 12.3. The van der Waals surface area contributed by atoms with Crippen molar-refractivity contribution in [2.75, 3.05) is 6.61 Å². The summed E-state index contributed by atoms with van der Waals surface area (Å²) in [4.78, 5) is 11.7. The van der Waals surface area contributed by atoms with Crippen LogP contribution in [0.2, 0.25) is 0 Å². The highest BCUT2D eigenvalue weighted by Crippen LogP contribution is 2.53. The first-order valence-electron chi connectivity index (χ1n) is 6.38. The van der Waals surface area contributed by atoms with E-state index < -0.39 is 29.6 Å². The van der Waals surface area contributed by atoms with E-state index in [0.29, 0.717) is 12.1 Å². The molecule has 9 heteroatoms. The van der Waals surface area contributed by atoms with Gasteiger partial charge in [-0.3, -0.25) is 0 Å². The molecule has 0 N–H and O–H groups in total. The summed E-state index contributed by atoms with van der Waals surface area (Å²) in [5, 5.41) is 0. The lowest BCUT2D eigenvalue weighted by Gasteiger charge is -2.31. The van der Waals surface area contributed by atoms with Crippen LogP contribution in [0, 0.1) is 13.8 Å². The third kappa shape index (κ3) is 3.28. The fourth-order valence-corrected chi connectivity index (χ4v) is 2.18. The molecule has 1 aromatic rings. The molecule has 130 valence electrons. The summed E-state index contributed by atoms with van der Waals surface area (Å²) in [6, 6.07) is 0.723. The molecule has 0 saturated heterocycles. The molecule has 0 aliphatic carbocycles. The molecule has 0 unspecified atom stereocenters. The third-order valence-corrected chi connectivity index (χ3v) is 3.19. The van der Waals surface area contributed by atoms with Gasteiger partial charge in [0.25, 0.3) is 0 Å². The molecule has 0 heterocycles. The molecule has 0 atom stereocenters. The number of alkyl halides is 7. The van der Waals surface area contributed by atoms with Gasteiger partial charge in [0.2, 0.25) is 0 Å². The monoisotopic (exact) mass is 346 g/mol. The van der Waals surface area contributed by atoms with Crippen molar-refractivity contribution in [2.24, 2.45) is 0 Å². The van der Waals surface area contributed by atoms with Gasteiger partial charge < -0.3 is 4.74 Å². The number of rotatable bonds is 3. The van der Waals surface area contributed by atoms with Crippen LogP contribution in [0.1, 0.15) is 34.0 Å². The van der Waals surface area contributed by atoms with E-state index in [2.05, 4.69) is 4.74 Å². The minimum absolute atomic E-state index is 0.0301. The summed E-state index contributed by atoms with van der Waals surface area (Å²) >= 11 is 0. The molecule has 0 aliphatic rings. The maximum Gasteiger partial charge on any atom is 0.435 e. The number of hydrogen-bond acceptors (Lipinski definition) is 2. The van der Waals surface area contributed by atoms with E-state index in [-0.39, 0.29) is 23.3 Å². The molecule has 0 aliphatic heterocycles. The van der Waals surface area contributed by atoms with Crippen LogP contribution in [-0.4, -0.2) is 24.9 Å². The van der Waals surface area contributed by atoms with Gasteiger partial charge in [0.05, 0.1) is 12.2 Å². The summed E-state index contributed by atoms with van der Waals surface area (Å²) in [7, 11) is 0. The number of hydrogen-bond donors (Lipinski definition) is 0. The topological polar surface area (TPSA) is 26.3 Å². The Hall–Kier alpha value is -1.80. The fraction of sp³-hybridized carbons (Fsp3) is 0.500. The summed E-state index contributed by atoms with van der Waals surface area (Å²) in [6.45, 7) is 3.67. The molecule has 0 fully saturated rings. The van der Waals surface area contributed by atoms with Crippen molar-refractivity contribution in [3.63, 3.8) is 0 Å². The SMILES string of the molecule is CCOC(=O)c1c(C)cc(C(F)(C(F)(F)F)C(F)(F)F)cc1C. The first-order chi connectivity index (χ1) is 10.3. The van der Waals surface area contributed by atoms with Crippen LogP contribution in [0.3, 0.4) is 0 Å². The largest absolute Gasteiger partial charge is 0.462 e. The van der Waals surface area contributed by atoms with Crippen molar-refractivity contribution in [1.82, 2.24) is 0 Å². The number of benzene rings is 1. The molecule has 23 heavy (non-hydrogen) atoms. The number of ether oxygens (including phenoxy) is 1. The van der Waals surface area contributed by atoms with Gasteiger partial charge in [-0.25, -0.2) is 9.18 Å². The second kappa shape index (κ2) is 6.01. The maximum atomic E-state index is 14.0. The van der Waals surface area contributed by atoms with Gasteiger partial charge >= 0.3 is 24.0 Å². The molecule has 1 aromatic carbocycles. The quantitative estimate of drug-likeness (QED) is 0.582. The molecule has 2 nitrogen and oxygen atoms in total. The lowest BCUT2D eigenvalue weighted by atomic mass is 9.89. The zero-order valence-electron chi connectivity index (χ0n) is 12.3. The van der Waals surface area contributed by atoms with Gasteiger partial charge in [-0.2, -0.15) is 26.3 Å². The Kier molecular flexibility index (Phi) is 5.03. The average Bonchev–Trinajstić information content (AvgIpc) is 2.34. The molecule has 0 amide bonds. The average molecular weight is 346 g/mol. The predicted octanol–water partition coefficient (Wildman–Crippen LogP) is 4.77. The van der Waals surface area contributed by atoms with Gasteiger partial charge in [0, 0.05) is 5.56 Å². The van der Waals surface area contributed by atoms with Crippen LogP contribution >= 0.6 is 0 Å². The lowest BCUT2D eigenvalue weighted by molar-refractivity contribution is -0.348. The molecule has 0 radical (unpaired) electrons. The Morgan fingerprint density at radius 3 is 1.65 bits per heavy atom. The van der Waals surface area contributed by atoms with Crippen molar-refractivity contribution < 1.29 is 40.3 Å². The van der Waals surface area contributed by atoms with E-state index >= 15 is 0 Å². The molecule has 0 saturated carbocycles. The van der Waals surface area contributed by atoms with E-state index in [9.17, 15) is 35.5 Å². The van der Waals surface area contributed by atoms with Gasteiger partial charge in [-0.1, -0.05) is 12.1 Å². The van der Waals surface area contributed by atoms with Crippen molar-refractivity contribution in [1.29, 1.82) is 0 Å². The molecule has 0 aromatic heterocycles. The molecule has 1 rings (SSSR count). The summed E-state index contributed by atoms with van der Waals surface area (Å²) < 4.78 is 95.1. The Bertz CT molecular complexity index is 565. The van der Waals surface area contributed by atoms with E-state index in [0.717, 1.165) is 13.8 Å². The van der Waals surface area contributed by atoms with Gasteiger partial charge in [0.1, 0.15) is 0 Å². The van der Waals surface area contributed by atoms with Crippen LogP contribution in [0.25, 0.3) is 0 Å². The first kappa shape index (κ1) is 19.2. The molecule has 0 spiro atoms. The first-order valence-corrected chi connectivity index (χ1v) is 6.38. The Morgan fingerprint density at radius 1 is 0.957 bits per heavy atom. The summed E-state index contributed by atoms with van der Waals surface area (Å²) in [5.74, 6) is -0.905. The second-order valence-corrected chi connectivity index (χ2v) is 4.86. The smallest absolute Gasteiger partial charge is 0.435 e. The fourth-order valence-electron chi connectivity index (χ4n) is 2.18. The number of carbonyl (C=O) groups excluding carboxylic acids is 1. The second-order valence-electron chi connectivity index (χ2n) is 4.86. The number of esters is 1. The Labute approximate surface area is 127 Å². The van der Waals surface area contributed by atoms with Crippen molar-refractivity contribution in [3.05, 3.63) is 34.4 Å². The van der Waals surface area contributed by atoms with Crippen LogP contribution in [0.5, 0.6) is 0 Å². The van der Waals surface area contributed by atoms with Crippen LogP contribution < -0.4 is 0 Å². The normalized spacial score (nSPS) is 13.1. The van der Waals surface area contributed by atoms with Crippen LogP contribution in [0.15, 0.2) is 12.1 Å². The van der Waals surface area contributed by atoms with Gasteiger partial charge in [-0.05, 0) is 31.9 Å². The van der Waals surface area contributed by atoms with E-state index in [4.69, 9.17) is 0 Å². The van der Waals surface area contributed by atoms with Gasteiger partial charge in [0.15, 0.2) is 0 Å². The lowest BCUT2D eigenvalue weighted by Crippen LogP contribution is -2.50. The molecular weight excluding hydrogens is 333 g/mol. The van der Waals surface area contributed by atoms with E-state index in [1.807, 2.05) is 0 Å². The molecule has 0 bridgehead atoms. The van der Waals surface area contributed by atoms with E-state index in [1.54, 1.807) is 0 Å².